The lowest BCUT2D eigenvalue weighted by Gasteiger charge is -1.94. The highest BCUT2D eigenvalue weighted by atomic mass is 33.1. The molecule has 0 aliphatic carbocycles. The summed E-state index contributed by atoms with van der Waals surface area (Å²) in [4.78, 5) is 9.95. The van der Waals surface area contributed by atoms with Gasteiger partial charge in [-0.25, -0.2) is 0 Å². The van der Waals surface area contributed by atoms with Gasteiger partial charge in [0.15, 0.2) is 0 Å². The van der Waals surface area contributed by atoms with E-state index in [1.165, 1.54) is 21.6 Å². The largest absolute Gasteiger partial charge is 0.481 e. The zero-order chi connectivity index (χ0) is 7.82. The average molecular weight is 182 g/mol. The Kier molecular flexibility index (Phi) is 7.33. The summed E-state index contributed by atoms with van der Waals surface area (Å²) in [6, 6.07) is 0. The van der Waals surface area contributed by atoms with Crippen molar-refractivity contribution >= 4 is 27.6 Å². The number of aliphatic hydroxyl groups excluding tert-OH is 1. The van der Waals surface area contributed by atoms with Gasteiger partial charge in [-0.05, 0) is 6.42 Å². The van der Waals surface area contributed by atoms with Crippen LogP contribution in [0.4, 0.5) is 0 Å². The molecule has 60 valence electrons. The topological polar surface area (TPSA) is 57.5 Å². The summed E-state index contributed by atoms with van der Waals surface area (Å²) in [5, 5.41) is 16.5. The second-order valence-electron chi connectivity index (χ2n) is 1.56. The molecule has 0 atom stereocenters. The number of carboxylic acids is 1. The Hall–Kier alpha value is 0.130. The van der Waals surface area contributed by atoms with Crippen LogP contribution in [0.3, 0.4) is 0 Å². The van der Waals surface area contributed by atoms with Gasteiger partial charge in [0.05, 0.1) is 0 Å². The Labute approximate surface area is 67.6 Å². The molecule has 0 aliphatic rings. The highest BCUT2D eigenvalue weighted by molar-refractivity contribution is 8.76. The fourth-order valence-electron chi connectivity index (χ4n) is 0.274. The van der Waals surface area contributed by atoms with Crippen molar-refractivity contribution in [3.63, 3.8) is 0 Å². The maximum atomic E-state index is 9.95. The molecule has 0 heterocycles. The van der Waals surface area contributed by atoms with Gasteiger partial charge in [0.1, 0.15) is 5.75 Å². The first kappa shape index (κ1) is 10.1. The third-order valence-corrected chi connectivity index (χ3v) is 2.99. The van der Waals surface area contributed by atoms with E-state index < -0.39 is 5.97 Å². The number of hydrogen-bond donors (Lipinski definition) is 2. The van der Waals surface area contributed by atoms with E-state index in [0.717, 1.165) is 12.2 Å². The molecule has 0 saturated heterocycles. The highest BCUT2D eigenvalue weighted by Gasteiger charge is 1.95. The van der Waals surface area contributed by atoms with Crippen LogP contribution in [0.15, 0.2) is 0 Å². The lowest BCUT2D eigenvalue weighted by molar-refractivity contribution is -0.133. The van der Waals surface area contributed by atoms with Crippen LogP contribution in [0.5, 0.6) is 0 Å². The minimum Gasteiger partial charge on any atom is -0.481 e. The maximum absolute atomic E-state index is 9.95. The van der Waals surface area contributed by atoms with E-state index in [0.29, 0.717) is 0 Å². The first-order chi connectivity index (χ1) is 4.77. The van der Waals surface area contributed by atoms with Crippen LogP contribution in [-0.2, 0) is 4.79 Å². The van der Waals surface area contributed by atoms with E-state index in [1.807, 2.05) is 0 Å². The Morgan fingerprint density at radius 3 is 2.60 bits per heavy atom. The van der Waals surface area contributed by atoms with Crippen molar-refractivity contribution in [3.05, 3.63) is 0 Å². The third kappa shape index (κ3) is 8.13. The zero-order valence-electron chi connectivity index (χ0n) is 5.45. The summed E-state index contributed by atoms with van der Waals surface area (Å²) >= 11 is 0. The van der Waals surface area contributed by atoms with Crippen molar-refractivity contribution in [1.82, 2.24) is 0 Å². The van der Waals surface area contributed by atoms with Crippen LogP contribution < -0.4 is 0 Å². The van der Waals surface area contributed by atoms with Gasteiger partial charge in [-0.1, -0.05) is 21.6 Å². The van der Waals surface area contributed by atoms with Gasteiger partial charge in [-0.15, -0.1) is 0 Å². The molecule has 2 N–H and O–H groups in total. The zero-order valence-corrected chi connectivity index (χ0v) is 7.08. The molecule has 10 heavy (non-hydrogen) atoms. The summed E-state index contributed by atoms with van der Waals surface area (Å²) in [7, 11) is 2.79. The van der Waals surface area contributed by atoms with Crippen LogP contribution in [0, 0.1) is 0 Å². The number of carboxylic acid groups (broad SMARTS) is 1. The first-order valence-electron chi connectivity index (χ1n) is 2.84. The Balaban J connectivity index is 2.84. The van der Waals surface area contributed by atoms with E-state index in [1.54, 1.807) is 0 Å². The highest BCUT2D eigenvalue weighted by Crippen LogP contribution is 2.20. The van der Waals surface area contributed by atoms with Gasteiger partial charge in [0.25, 0.3) is 0 Å². The molecular formula is C5H10O3S2. The number of rotatable bonds is 6. The molecule has 3 nitrogen and oxygen atoms in total. The summed E-state index contributed by atoms with van der Waals surface area (Å²) in [5.74, 6) is 0.159. The van der Waals surface area contributed by atoms with Crippen molar-refractivity contribution < 1.29 is 15.0 Å². The first-order valence-corrected chi connectivity index (χ1v) is 5.33. The SMILES string of the molecule is O=C(O)CSSCCCO. The molecule has 0 fully saturated rings. The Morgan fingerprint density at radius 1 is 1.40 bits per heavy atom. The lowest BCUT2D eigenvalue weighted by Crippen LogP contribution is -1.96. The van der Waals surface area contributed by atoms with Crippen LogP contribution in [0.2, 0.25) is 0 Å². The van der Waals surface area contributed by atoms with Crippen molar-refractivity contribution in [2.75, 3.05) is 18.1 Å². The van der Waals surface area contributed by atoms with E-state index in [9.17, 15) is 4.79 Å². The molecule has 0 radical (unpaired) electrons. The smallest absolute Gasteiger partial charge is 0.314 e. The molecule has 0 aromatic heterocycles. The predicted molar refractivity (Wildman–Crippen MR) is 44.3 cm³/mol. The molecule has 0 aliphatic heterocycles. The fourth-order valence-corrected chi connectivity index (χ4v) is 2.08. The van der Waals surface area contributed by atoms with Crippen molar-refractivity contribution in [2.45, 2.75) is 6.42 Å². The van der Waals surface area contributed by atoms with E-state index in [4.69, 9.17) is 10.2 Å². The summed E-state index contributed by atoms with van der Waals surface area (Å²) in [6.45, 7) is 0.181. The van der Waals surface area contributed by atoms with E-state index in [2.05, 4.69) is 0 Å². The molecule has 0 aromatic rings. The summed E-state index contributed by atoms with van der Waals surface area (Å²) < 4.78 is 0. The normalized spacial score (nSPS) is 9.70. The monoisotopic (exact) mass is 182 g/mol. The van der Waals surface area contributed by atoms with Gasteiger partial charge in [0.2, 0.25) is 0 Å². The molecule has 0 amide bonds. The van der Waals surface area contributed by atoms with E-state index >= 15 is 0 Å². The molecule has 0 rings (SSSR count). The van der Waals surface area contributed by atoms with Gasteiger partial charge < -0.3 is 10.2 Å². The second kappa shape index (κ2) is 7.24. The van der Waals surface area contributed by atoms with E-state index in [-0.39, 0.29) is 12.4 Å². The summed E-state index contributed by atoms with van der Waals surface area (Å²) in [6.07, 6.45) is 0.733. The van der Waals surface area contributed by atoms with Gasteiger partial charge in [0, 0.05) is 12.4 Å². The average Bonchev–Trinajstić information content (AvgIpc) is 1.87. The third-order valence-electron chi connectivity index (χ3n) is 0.652. The predicted octanol–water partition coefficient (Wildman–Crippen LogP) is 0.835. The second-order valence-corrected chi connectivity index (χ2v) is 4.14. The molecular weight excluding hydrogens is 172 g/mol. The minimum absolute atomic E-state index is 0.135. The van der Waals surface area contributed by atoms with Crippen molar-refractivity contribution in [1.29, 1.82) is 0 Å². The van der Waals surface area contributed by atoms with Crippen LogP contribution in [0.1, 0.15) is 6.42 Å². The minimum atomic E-state index is -0.790. The molecule has 0 saturated carbocycles. The lowest BCUT2D eigenvalue weighted by atomic mass is 10.5. The molecule has 0 aromatic carbocycles. The van der Waals surface area contributed by atoms with Gasteiger partial charge >= 0.3 is 5.97 Å². The van der Waals surface area contributed by atoms with Gasteiger partial charge in [-0.3, -0.25) is 4.79 Å². The molecule has 0 unspecified atom stereocenters. The van der Waals surface area contributed by atoms with Crippen LogP contribution >= 0.6 is 21.6 Å². The fraction of sp³-hybridized carbons (Fsp3) is 0.800. The quantitative estimate of drug-likeness (QED) is 0.471. The molecule has 5 heteroatoms. The number of carbonyl (C=O) groups is 1. The number of aliphatic carboxylic acids is 1. The molecule has 0 spiro atoms. The van der Waals surface area contributed by atoms with Crippen molar-refractivity contribution in [2.24, 2.45) is 0 Å². The standard InChI is InChI=1S/C5H10O3S2/c6-2-1-3-9-10-4-5(7)8/h6H,1-4H2,(H,7,8). The summed E-state index contributed by atoms with van der Waals surface area (Å²) in [5.41, 5.74) is 0. The van der Waals surface area contributed by atoms with Crippen molar-refractivity contribution in [3.8, 4) is 0 Å². The Morgan fingerprint density at radius 2 is 2.10 bits per heavy atom. The van der Waals surface area contributed by atoms with Crippen LogP contribution in [0.25, 0.3) is 0 Å². The molecule has 0 bridgehead atoms. The van der Waals surface area contributed by atoms with Gasteiger partial charge in [-0.2, -0.15) is 0 Å². The maximum Gasteiger partial charge on any atom is 0.314 e. The Bertz CT molecular complexity index is 96.9. The van der Waals surface area contributed by atoms with Crippen LogP contribution in [-0.4, -0.2) is 34.3 Å². The number of aliphatic hydroxyl groups is 1. The number of hydrogen-bond acceptors (Lipinski definition) is 4.